The molecule has 2 N–H and O–H groups in total. The van der Waals surface area contributed by atoms with Gasteiger partial charge in [0.15, 0.2) is 9.96 Å². The number of alkyl halides is 1. The molecule has 194 valence electrons. The van der Waals surface area contributed by atoms with Gasteiger partial charge >= 0.3 is 0 Å². The quantitative estimate of drug-likeness (QED) is 0.189. The van der Waals surface area contributed by atoms with Crippen molar-refractivity contribution >= 4 is 78.5 Å². The molecule has 9 nitrogen and oxygen atoms in total. The molecule has 2 aromatic heterocycles. The molecule has 0 aliphatic rings. The molecule has 0 bridgehead atoms. The summed E-state index contributed by atoms with van der Waals surface area (Å²) in [5.74, 6) is -0.975. The molecule has 4 aromatic rings. The van der Waals surface area contributed by atoms with Crippen molar-refractivity contribution in [2.24, 2.45) is 0 Å². The zero-order chi connectivity index (χ0) is 27.6. The maximum Gasteiger partial charge on any atom is 0.256 e. The van der Waals surface area contributed by atoms with Gasteiger partial charge in [-0.05, 0) is 49.2 Å². The highest BCUT2D eigenvalue weighted by atomic mass is 127. The largest absolute Gasteiger partial charge is 0.319 e. The number of thiazole rings is 1. The predicted molar refractivity (Wildman–Crippen MR) is 155 cm³/mol. The average Bonchev–Trinajstić information content (AvgIpc) is 3.29. The number of halogens is 2. The van der Waals surface area contributed by atoms with Crippen LogP contribution in [0.5, 0.6) is 0 Å². The van der Waals surface area contributed by atoms with Crippen LogP contribution in [-0.2, 0) is 14.6 Å². The third-order valence-electron chi connectivity index (χ3n) is 5.81. The van der Waals surface area contributed by atoms with Crippen molar-refractivity contribution in [2.45, 2.75) is 30.6 Å². The Balaban J connectivity index is 1.63. The first-order valence-electron chi connectivity index (χ1n) is 11.4. The normalized spacial score (nSPS) is 11.2. The number of carbonyl (C=O) groups excluding carboxylic acids is 2. The molecule has 0 spiro atoms. The summed E-state index contributed by atoms with van der Waals surface area (Å²) in [4.78, 5) is 39.9. The second-order valence-corrected chi connectivity index (χ2v) is 10.7. The predicted octanol–water partition coefficient (Wildman–Crippen LogP) is 5.94. The maximum absolute atomic E-state index is 14.8. The summed E-state index contributed by atoms with van der Waals surface area (Å²) in [5.41, 5.74) is 2.16. The Morgan fingerprint density at radius 2 is 1.97 bits per heavy atom. The molecule has 2 aromatic carbocycles. The molecule has 4 rings (SSSR count). The van der Waals surface area contributed by atoms with Crippen LogP contribution in [0.25, 0.3) is 10.3 Å². The van der Waals surface area contributed by atoms with Crippen molar-refractivity contribution in [1.82, 2.24) is 15.0 Å². The molecular formula is C26H23FIN7O2S. The van der Waals surface area contributed by atoms with E-state index in [-0.39, 0.29) is 11.6 Å². The van der Waals surface area contributed by atoms with E-state index in [1.54, 1.807) is 50.2 Å². The number of nitrogens with one attached hydrogen (secondary N) is 2. The first-order valence-corrected chi connectivity index (χ1v) is 13.7. The molecule has 0 atom stereocenters. The SMILES string of the molecule is CC(=O)Nc1nc2cnc(N(C)c3ccc(F)c(NC(=O)c4cccc(C(C)(C)C#N)c4CI)c3)nc2s1. The van der Waals surface area contributed by atoms with E-state index in [0.717, 1.165) is 11.1 Å². The van der Waals surface area contributed by atoms with Crippen LogP contribution in [0.4, 0.5) is 26.8 Å². The lowest BCUT2D eigenvalue weighted by Gasteiger charge is -2.22. The number of carbonyl (C=O) groups is 2. The minimum atomic E-state index is -0.785. The molecule has 2 amide bonds. The fourth-order valence-electron chi connectivity index (χ4n) is 3.80. The zero-order valence-electron chi connectivity index (χ0n) is 21.0. The smallest absolute Gasteiger partial charge is 0.256 e. The Labute approximate surface area is 236 Å². The summed E-state index contributed by atoms with van der Waals surface area (Å²) in [7, 11) is 1.72. The van der Waals surface area contributed by atoms with Crippen LogP contribution in [0.3, 0.4) is 0 Å². The lowest BCUT2D eigenvalue weighted by Crippen LogP contribution is -2.21. The van der Waals surface area contributed by atoms with E-state index >= 15 is 0 Å². The van der Waals surface area contributed by atoms with E-state index in [9.17, 15) is 19.2 Å². The molecule has 12 heteroatoms. The van der Waals surface area contributed by atoms with Gasteiger partial charge < -0.3 is 15.5 Å². The second-order valence-electron chi connectivity index (χ2n) is 8.94. The number of nitrogens with zero attached hydrogens (tertiary/aromatic N) is 5. The molecule has 0 fully saturated rings. The van der Waals surface area contributed by atoms with Gasteiger partial charge in [0.25, 0.3) is 5.91 Å². The molecule has 0 unspecified atom stereocenters. The molecule has 0 aliphatic heterocycles. The van der Waals surface area contributed by atoms with Crippen molar-refractivity contribution in [3.63, 3.8) is 0 Å². The fraction of sp³-hybridized carbons (Fsp3) is 0.231. The molecule has 0 saturated heterocycles. The van der Waals surface area contributed by atoms with Crippen molar-refractivity contribution in [2.75, 3.05) is 22.6 Å². The molecule has 0 radical (unpaired) electrons. The van der Waals surface area contributed by atoms with Crippen molar-refractivity contribution < 1.29 is 14.0 Å². The van der Waals surface area contributed by atoms with Crippen molar-refractivity contribution in [1.29, 1.82) is 5.26 Å². The summed E-state index contributed by atoms with van der Waals surface area (Å²) in [6, 6.07) is 11.8. The third-order valence-corrected chi connectivity index (χ3v) is 7.46. The lowest BCUT2D eigenvalue weighted by molar-refractivity contribution is -0.114. The van der Waals surface area contributed by atoms with Gasteiger partial charge in [-0.15, -0.1) is 0 Å². The average molecular weight is 643 g/mol. The highest BCUT2D eigenvalue weighted by molar-refractivity contribution is 14.1. The van der Waals surface area contributed by atoms with Gasteiger partial charge in [-0.2, -0.15) is 10.2 Å². The highest BCUT2D eigenvalue weighted by Gasteiger charge is 2.26. The second kappa shape index (κ2) is 11.0. The van der Waals surface area contributed by atoms with E-state index in [4.69, 9.17) is 0 Å². The minimum absolute atomic E-state index is 0.00415. The van der Waals surface area contributed by atoms with Crippen LogP contribution in [0.2, 0.25) is 0 Å². The van der Waals surface area contributed by atoms with Crippen LogP contribution >= 0.6 is 33.9 Å². The molecule has 2 heterocycles. The number of amides is 2. The number of nitriles is 1. The van der Waals surface area contributed by atoms with E-state index in [1.807, 2.05) is 6.07 Å². The number of aromatic nitrogens is 3. The van der Waals surface area contributed by atoms with Crippen LogP contribution in [0.1, 0.15) is 42.3 Å². The van der Waals surface area contributed by atoms with Gasteiger partial charge in [0.2, 0.25) is 11.9 Å². The summed E-state index contributed by atoms with van der Waals surface area (Å²) in [5, 5.41) is 15.3. The number of hydrogen-bond donors (Lipinski definition) is 2. The van der Waals surface area contributed by atoms with Gasteiger partial charge in [0.1, 0.15) is 11.3 Å². The van der Waals surface area contributed by atoms with Gasteiger partial charge in [0.05, 0.1) is 23.4 Å². The zero-order valence-corrected chi connectivity index (χ0v) is 23.9. The number of anilines is 4. The van der Waals surface area contributed by atoms with Gasteiger partial charge in [-0.1, -0.05) is 46.1 Å². The first kappa shape index (κ1) is 27.3. The number of hydrogen-bond acceptors (Lipinski definition) is 8. The molecule has 0 saturated carbocycles. The van der Waals surface area contributed by atoms with Gasteiger partial charge in [-0.25, -0.2) is 14.4 Å². The number of benzene rings is 2. The van der Waals surface area contributed by atoms with Gasteiger partial charge in [-0.3, -0.25) is 9.59 Å². The number of fused-ring (bicyclic) bond motifs is 1. The Hall–Kier alpha value is -3.70. The first-order chi connectivity index (χ1) is 18.0. The maximum atomic E-state index is 14.8. The summed E-state index contributed by atoms with van der Waals surface area (Å²) in [6.07, 6.45) is 1.55. The molecule has 38 heavy (non-hydrogen) atoms. The Bertz CT molecular complexity index is 1600. The summed E-state index contributed by atoms with van der Waals surface area (Å²) in [6.45, 7) is 4.99. The Morgan fingerprint density at radius 3 is 2.66 bits per heavy atom. The molecule has 0 aliphatic carbocycles. The highest BCUT2D eigenvalue weighted by Crippen LogP contribution is 2.32. The van der Waals surface area contributed by atoms with E-state index in [0.29, 0.717) is 37.1 Å². The van der Waals surface area contributed by atoms with Crippen molar-refractivity contribution in [3.05, 3.63) is 65.1 Å². The summed E-state index contributed by atoms with van der Waals surface area (Å²) >= 11 is 3.37. The van der Waals surface area contributed by atoms with Crippen LogP contribution < -0.4 is 15.5 Å². The van der Waals surface area contributed by atoms with Crippen LogP contribution in [0.15, 0.2) is 42.6 Å². The lowest BCUT2D eigenvalue weighted by atomic mass is 9.82. The number of rotatable bonds is 7. The fourth-order valence-corrected chi connectivity index (χ4v) is 5.48. The van der Waals surface area contributed by atoms with E-state index in [2.05, 4.69) is 54.2 Å². The standard InChI is InChI=1S/C26H23FIN7O2S/c1-14(36)31-25-33-21-12-30-24(34-23(21)38-25)35(4)15-8-9-19(27)20(10-15)32-22(37)16-6-5-7-18(17(16)11-28)26(2,3)13-29/h5-10,12H,11H2,1-4H3,(H,32,37)(H,31,33,36). The van der Waals surface area contributed by atoms with Crippen LogP contribution in [0, 0.1) is 17.1 Å². The monoisotopic (exact) mass is 643 g/mol. The van der Waals surface area contributed by atoms with E-state index < -0.39 is 17.1 Å². The minimum Gasteiger partial charge on any atom is -0.319 e. The topological polar surface area (TPSA) is 124 Å². The van der Waals surface area contributed by atoms with Gasteiger partial charge in [0, 0.05) is 29.6 Å². The molecular weight excluding hydrogens is 620 g/mol. The summed E-state index contributed by atoms with van der Waals surface area (Å²) < 4.78 is 15.3. The third kappa shape index (κ3) is 5.58. The Morgan fingerprint density at radius 1 is 1.21 bits per heavy atom. The Kier molecular flexibility index (Phi) is 7.89. The van der Waals surface area contributed by atoms with E-state index in [1.165, 1.54) is 30.4 Å². The van der Waals surface area contributed by atoms with Crippen molar-refractivity contribution in [3.8, 4) is 6.07 Å². The van der Waals surface area contributed by atoms with Crippen LogP contribution in [-0.4, -0.2) is 33.8 Å².